The average Bonchev–Trinajstić information content (AvgIpc) is 2.37. The van der Waals surface area contributed by atoms with Gasteiger partial charge in [-0.05, 0) is 33.0 Å². The zero-order chi connectivity index (χ0) is 15.1. The van der Waals surface area contributed by atoms with Crippen molar-refractivity contribution in [3.63, 3.8) is 0 Å². The van der Waals surface area contributed by atoms with Gasteiger partial charge in [-0.15, -0.1) is 0 Å². The van der Waals surface area contributed by atoms with Crippen LogP contribution in [-0.4, -0.2) is 36.2 Å². The third-order valence-corrected chi connectivity index (χ3v) is 3.15. The molecule has 6 heteroatoms. The maximum Gasteiger partial charge on any atom is 0.387 e. The summed E-state index contributed by atoms with van der Waals surface area (Å²) in [5, 5.41) is 8.60. The van der Waals surface area contributed by atoms with Crippen LogP contribution in [0.4, 0.5) is 8.78 Å². The lowest BCUT2D eigenvalue weighted by Crippen LogP contribution is -2.24. The van der Waals surface area contributed by atoms with E-state index in [1.165, 1.54) is 6.07 Å². The highest BCUT2D eigenvalue weighted by atomic mass is 19.3. The molecular weight excluding hydrogens is 268 g/mol. The third-order valence-electron chi connectivity index (χ3n) is 3.15. The van der Waals surface area contributed by atoms with Crippen molar-refractivity contribution in [2.75, 3.05) is 13.6 Å². The summed E-state index contributed by atoms with van der Waals surface area (Å²) in [6.45, 7) is -0.425. The molecule has 0 spiro atoms. The monoisotopic (exact) mass is 287 g/mol. The predicted molar refractivity (Wildman–Crippen MR) is 71.0 cm³/mol. The second kappa shape index (κ2) is 7.79. The lowest BCUT2D eigenvalue weighted by Gasteiger charge is -2.26. The Morgan fingerprint density at radius 2 is 2.05 bits per heavy atom. The van der Waals surface area contributed by atoms with E-state index in [1.807, 2.05) is 18.9 Å². The van der Waals surface area contributed by atoms with Crippen molar-refractivity contribution in [1.82, 2.24) is 4.90 Å². The Morgan fingerprint density at radius 1 is 1.40 bits per heavy atom. The largest absolute Gasteiger partial charge is 0.481 e. The van der Waals surface area contributed by atoms with E-state index in [9.17, 15) is 13.6 Å². The first kappa shape index (κ1) is 16.4. The first-order valence-corrected chi connectivity index (χ1v) is 6.37. The van der Waals surface area contributed by atoms with E-state index in [2.05, 4.69) is 4.74 Å². The maximum absolute atomic E-state index is 12.4. The molecule has 0 saturated heterocycles. The lowest BCUT2D eigenvalue weighted by molar-refractivity contribution is -0.137. The van der Waals surface area contributed by atoms with Gasteiger partial charge in [-0.1, -0.05) is 18.2 Å². The molecule has 0 aliphatic rings. The Hall–Kier alpha value is -1.69. The minimum absolute atomic E-state index is 0.0895. The summed E-state index contributed by atoms with van der Waals surface area (Å²) in [7, 11) is 1.83. The number of hydrogen-bond acceptors (Lipinski definition) is 3. The predicted octanol–water partition coefficient (Wildman–Crippen LogP) is 3.15. The van der Waals surface area contributed by atoms with Gasteiger partial charge in [-0.2, -0.15) is 8.78 Å². The van der Waals surface area contributed by atoms with Gasteiger partial charge >= 0.3 is 12.6 Å². The molecule has 20 heavy (non-hydrogen) atoms. The van der Waals surface area contributed by atoms with Gasteiger partial charge in [-0.3, -0.25) is 9.69 Å². The topological polar surface area (TPSA) is 49.8 Å². The van der Waals surface area contributed by atoms with Crippen LogP contribution in [0.15, 0.2) is 24.3 Å². The van der Waals surface area contributed by atoms with E-state index in [1.54, 1.807) is 18.2 Å². The molecule has 0 fully saturated rings. The minimum Gasteiger partial charge on any atom is -0.481 e. The summed E-state index contributed by atoms with van der Waals surface area (Å²) in [6, 6.07) is 6.49. The number of rotatable bonds is 8. The molecule has 0 amide bonds. The molecule has 4 nitrogen and oxygen atoms in total. The number of alkyl halides is 2. The molecule has 1 aromatic carbocycles. The van der Waals surface area contributed by atoms with Crippen LogP contribution in [0.3, 0.4) is 0 Å². The highest BCUT2D eigenvalue weighted by molar-refractivity contribution is 5.66. The number of nitrogens with zero attached hydrogens (tertiary/aromatic N) is 1. The molecule has 112 valence electrons. The van der Waals surface area contributed by atoms with Crippen molar-refractivity contribution in [1.29, 1.82) is 0 Å². The molecule has 0 heterocycles. The second-order valence-corrected chi connectivity index (χ2v) is 4.57. The number of benzene rings is 1. The first-order valence-electron chi connectivity index (χ1n) is 6.37. The quantitative estimate of drug-likeness (QED) is 0.798. The number of aliphatic carboxylic acids is 1. The average molecular weight is 287 g/mol. The van der Waals surface area contributed by atoms with Crippen LogP contribution in [0.2, 0.25) is 0 Å². The van der Waals surface area contributed by atoms with E-state index in [4.69, 9.17) is 5.11 Å². The molecule has 0 aromatic heterocycles. The zero-order valence-corrected chi connectivity index (χ0v) is 11.6. The van der Waals surface area contributed by atoms with Gasteiger partial charge < -0.3 is 9.84 Å². The number of para-hydroxylation sites is 1. The van der Waals surface area contributed by atoms with E-state index < -0.39 is 12.6 Å². The zero-order valence-electron chi connectivity index (χ0n) is 11.6. The smallest absolute Gasteiger partial charge is 0.387 e. The number of hydrogen-bond donors (Lipinski definition) is 1. The van der Waals surface area contributed by atoms with E-state index >= 15 is 0 Å². The van der Waals surface area contributed by atoms with Crippen molar-refractivity contribution < 1.29 is 23.4 Å². The number of carbonyl (C=O) groups is 1. The molecule has 1 unspecified atom stereocenters. The number of ether oxygens (including phenoxy) is 1. The Bertz CT molecular complexity index is 440. The van der Waals surface area contributed by atoms with Crippen LogP contribution in [0, 0.1) is 0 Å². The highest BCUT2D eigenvalue weighted by Crippen LogP contribution is 2.29. The van der Waals surface area contributed by atoms with Gasteiger partial charge in [-0.25, -0.2) is 0 Å². The normalized spacial score (nSPS) is 12.7. The number of carboxylic acids is 1. The fourth-order valence-corrected chi connectivity index (χ4v) is 1.94. The molecule has 0 aliphatic heterocycles. The minimum atomic E-state index is -2.86. The summed E-state index contributed by atoms with van der Waals surface area (Å²) in [5.74, 6) is -0.687. The van der Waals surface area contributed by atoms with Crippen LogP contribution in [0.25, 0.3) is 0 Å². The second-order valence-electron chi connectivity index (χ2n) is 4.57. The first-order chi connectivity index (χ1) is 9.41. The molecule has 1 aromatic rings. The lowest BCUT2D eigenvalue weighted by atomic mass is 10.1. The Labute approximate surface area is 117 Å². The van der Waals surface area contributed by atoms with Gasteiger partial charge in [0.2, 0.25) is 0 Å². The maximum atomic E-state index is 12.4. The van der Waals surface area contributed by atoms with E-state index in [-0.39, 0.29) is 18.2 Å². The third kappa shape index (κ3) is 5.13. The SMILES string of the molecule is CC(c1ccccc1OC(F)F)N(C)CCCC(=O)O. The van der Waals surface area contributed by atoms with Crippen molar-refractivity contribution in [3.05, 3.63) is 29.8 Å². The van der Waals surface area contributed by atoms with Crippen LogP contribution >= 0.6 is 0 Å². The summed E-state index contributed by atoms with van der Waals surface area (Å²) < 4.78 is 29.2. The molecular formula is C14H19F2NO3. The van der Waals surface area contributed by atoms with Gasteiger partial charge in [0.25, 0.3) is 0 Å². The van der Waals surface area contributed by atoms with E-state index in [0.29, 0.717) is 18.5 Å². The molecule has 1 atom stereocenters. The molecule has 0 radical (unpaired) electrons. The van der Waals surface area contributed by atoms with Crippen molar-refractivity contribution in [2.24, 2.45) is 0 Å². The molecule has 0 bridgehead atoms. The van der Waals surface area contributed by atoms with Crippen molar-refractivity contribution >= 4 is 5.97 Å². The fourth-order valence-electron chi connectivity index (χ4n) is 1.94. The van der Waals surface area contributed by atoms with E-state index in [0.717, 1.165) is 0 Å². The summed E-state index contributed by atoms with van der Waals surface area (Å²) in [6.07, 6.45) is 0.598. The Balaban J connectivity index is 2.70. The summed E-state index contributed by atoms with van der Waals surface area (Å²) in [4.78, 5) is 12.4. The molecule has 1 rings (SSSR count). The molecule has 0 saturated carbocycles. The van der Waals surface area contributed by atoms with Crippen LogP contribution in [0.1, 0.15) is 31.4 Å². The van der Waals surface area contributed by atoms with Gasteiger partial charge in [0.15, 0.2) is 0 Å². The molecule has 0 aliphatic carbocycles. The standard InChI is InChI=1S/C14H19F2NO3/c1-10(17(2)9-5-8-13(18)19)11-6-3-4-7-12(11)20-14(15)16/h3-4,6-7,10,14H,5,8-9H2,1-2H3,(H,18,19). The highest BCUT2D eigenvalue weighted by Gasteiger charge is 2.17. The Morgan fingerprint density at radius 3 is 2.65 bits per heavy atom. The molecule has 1 N–H and O–H groups in total. The van der Waals surface area contributed by atoms with Crippen LogP contribution in [0.5, 0.6) is 5.75 Å². The number of carboxylic acid groups (broad SMARTS) is 1. The van der Waals surface area contributed by atoms with Gasteiger partial charge in [0.1, 0.15) is 5.75 Å². The van der Waals surface area contributed by atoms with Crippen LogP contribution in [-0.2, 0) is 4.79 Å². The van der Waals surface area contributed by atoms with Crippen molar-refractivity contribution in [2.45, 2.75) is 32.4 Å². The summed E-state index contributed by atoms with van der Waals surface area (Å²) >= 11 is 0. The Kier molecular flexibility index (Phi) is 6.38. The fraction of sp³-hybridized carbons (Fsp3) is 0.500. The van der Waals surface area contributed by atoms with Crippen LogP contribution < -0.4 is 4.74 Å². The van der Waals surface area contributed by atoms with Crippen molar-refractivity contribution in [3.8, 4) is 5.75 Å². The number of halogens is 2. The van der Waals surface area contributed by atoms with Gasteiger partial charge in [0.05, 0.1) is 0 Å². The van der Waals surface area contributed by atoms with Gasteiger partial charge in [0, 0.05) is 18.0 Å². The summed E-state index contributed by atoms with van der Waals surface area (Å²) in [5.41, 5.74) is 0.658.